The normalized spacial score (nSPS) is 19.1. The van der Waals surface area contributed by atoms with Gasteiger partial charge in [0.1, 0.15) is 0 Å². The van der Waals surface area contributed by atoms with Crippen LogP contribution in [0.1, 0.15) is 18.4 Å². The average Bonchev–Trinajstić information content (AvgIpc) is 2.84. The van der Waals surface area contributed by atoms with Gasteiger partial charge in [-0.15, -0.1) is 0 Å². The van der Waals surface area contributed by atoms with Gasteiger partial charge in [0.25, 0.3) is 0 Å². The number of benzene rings is 1. The summed E-state index contributed by atoms with van der Waals surface area (Å²) < 4.78 is 0. The topological polar surface area (TPSA) is 61.6 Å². The Balaban J connectivity index is 1.80. The second-order valence-electron chi connectivity index (χ2n) is 5.93. The van der Waals surface area contributed by atoms with Gasteiger partial charge >= 0.3 is 0 Å². The molecule has 1 fully saturated rings. The first-order valence-corrected chi connectivity index (χ1v) is 7.56. The van der Waals surface area contributed by atoms with Crippen LogP contribution >= 0.6 is 0 Å². The minimum atomic E-state index is 0.0207. The number of nitrogens with one attached hydrogen (secondary N) is 1. The zero-order valence-corrected chi connectivity index (χ0v) is 13.0. The van der Waals surface area contributed by atoms with E-state index in [0.29, 0.717) is 19.1 Å². The highest BCUT2D eigenvalue weighted by Crippen LogP contribution is 2.15. The number of rotatable bonds is 6. The first-order valence-electron chi connectivity index (χ1n) is 7.56. The van der Waals surface area contributed by atoms with Crippen LogP contribution in [0.4, 0.5) is 5.69 Å². The quantitative estimate of drug-likeness (QED) is 0.824. The fourth-order valence-electron chi connectivity index (χ4n) is 2.86. The first-order chi connectivity index (χ1) is 10.1. The van der Waals surface area contributed by atoms with E-state index >= 15 is 0 Å². The number of nitrogens with two attached hydrogens (primary N) is 1. The SMILES string of the molecule is CN(CC(=O)Nc1cccc(CN)c1)CC1CCCN1C. The molecular weight excluding hydrogens is 264 g/mol. The average molecular weight is 290 g/mol. The summed E-state index contributed by atoms with van der Waals surface area (Å²) >= 11 is 0. The van der Waals surface area contributed by atoms with Crippen LogP contribution in [0.15, 0.2) is 24.3 Å². The molecule has 5 nitrogen and oxygen atoms in total. The number of anilines is 1. The van der Waals surface area contributed by atoms with Crippen molar-refractivity contribution in [3.05, 3.63) is 29.8 Å². The van der Waals surface area contributed by atoms with E-state index in [1.807, 2.05) is 31.3 Å². The smallest absolute Gasteiger partial charge is 0.238 e. The number of likely N-dealkylation sites (N-methyl/N-ethyl adjacent to an activating group) is 2. The van der Waals surface area contributed by atoms with Crippen molar-refractivity contribution in [2.24, 2.45) is 5.73 Å². The van der Waals surface area contributed by atoms with Gasteiger partial charge in [0.2, 0.25) is 5.91 Å². The van der Waals surface area contributed by atoms with Crippen molar-refractivity contribution in [2.75, 3.05) is 39.0 Å². The van der Waals surface area contributed by atoms with Crippen LogP contribution in [0.3, 0.4) is 0 Å². The third-order valence-electron chi connectivity index (χ3n) is 4.05. The molecule has 21 heavy (non-hydrogen) atoms. The molecule has 0 bridgehead atoms. The zero-order chi connectivity index (χ0) is 15.2. The van der Waals surface area contributed by atoms with Crippen LogP contribution in [-0.4, -0.2) is 55.5 Å². The van der Waals surface area contributed by atoms with Crippen molar-refractivity contribution >= 4 is 11.6 Å². The molecular formula is C16H26N4O. The Morgan fingerprint density at radius 3 is 3.00 bits per heavy atom. The molecule has 1 saturated heterocycles. The first kappa shape index (κ1) is 15.9. The summed E-state index contributed by atoms with van der Waals surface area (Å²) in [6.45, 7) is 3.00. The van der Waals surface area contributed by atoms with Crippen molar-refractivity contribution in [3.63, 3.8) is 0 Å². The van der Waals surface area contributed by atoms with E-state index in [-0.39, 0.29) is 5.91 Å². The van der Waals surface area contributed by atoms with Crippen molar-refractivity contribution in [1.82, 2.24) is 9.80 Å². The van der Waals surface area contributed by atoms with Crippen LogP contribution in [0.5, 0.6) is 0 Å². The van der Waals surface area contributed by atoms with E-state index in [1.54, 1.807) is 0 Å². The Hall–Kier alpha value is -1.43. The summed E-state index contributed by atoms with van der Waals surface area (Å²) in [5.74, 6) is 0.0207. The minimum absolute atomic E-state index is 0.0207. The second kappa shape index (κ2) is 7.54. The van der Waals surface area contributed by atoms with Crippen LogP contribution in [0.25, 0.3) is 0 Å². The van der Waals surface area contributed by atoms with Crippen molar-refractivity contribution in [2.45, 2.75) is 25.4 Å². The molecule has 0 radical (unpaired) electrons. The lowest BCUT2D eigenvalue weighted by Crippen LogP contribution is -2.40. The second-order valence-corrected chi connectivity index (χ2v) is 5.93. The predicted molar refractivity (Wildman–Crippen MR) is 86.1 cm³/mol. The molecule has 2 rings (SSSR count). The van der Waals surface area contributed by atoms with Gasteiger partial charge in [-0.3, -0.25) is 9.69 Å². The predicted octanol–water partition coefficient (Wildman–Crippen LogP) is 1.11. The van der Waals surface area contributed by atoms with Gasteiger partial charge in [-0.1, -0.05) is 12.1 Å². The highest BCUT2D eigenvalue weighted by atomic mass is 16.2. The number of amides is 1. The zero-order valence-electron chi connectivity index (χ0n) is 13.0. The van der Waals surface area contributed by atoms with Gasteiger partial charge in [0, 0.05) is 24.8 Å². The molecule has 1 heterocycles. The summed E-state index contributed by atoms with van der Waals surface area (Å²) in [4.78, 5) is 16.5. The maximum Gasteiger partial charge on any atom is 0.238 e. The molecule has 116 valence electrons. The van der Waals surface area contributed by atoms with Crippen molar-refractivity contribution < 1.29 is 4.79 Å². The highest BCUT2D eigenvalue weighted by molar-refractivity contribution is 5.92. The van der Waals surface area contributed by atoms with Crippen LogP contribution < -0.4 is 11.1 Å². The molecule has 3 N–H and O–H groups in total. The van der Waals surface area contributed by atoms with Gasteiger partial charge in [-0.2, -0.15) is 0 Å². The summed E-state index contributed by atoms with van der Waals surface area (Å²) in [5, 5.41) is 2.93. The van der Waals surface area contributed by atoms with Crippen LogP contribution in [-0.2, 0) is 11.3 Å². The molecule has 1 unspecified atom stereocenters. The number of carbonyl (C=O) groups is 1. The Labute approximate surface area is 127 Å². The van der Waals surface area contributed by atoms with E-state index in [4.69, 9.17) is 5.73 Å². The van der Waals surface area contributed by atoms with Gasteiger partial charge in [0.15, 0.2) is 0 Å². The number of carbonyl (C=O) groups excluding carboxylic acids is 1. The summed E-state index contributed by atoms with van der Waals surface area (Å²) in [7, 11) is 4.16. The van der Waals surface area contributed by atoms with E-state index in [1.165, 1.54) is 12.8 Å². The molecule has 1 aromatic carbocycles. The Bertz CT molecular complexity index is 477. The molecule has 1 amide bonds. The third kappa shape index (κ3) is 4.81. The maximum atomic E-state index is 12.1. The molecule has 1 aromatic rings. The van der Waals surface area contributed by atoms with E-state index < -0.39 is 0 Å². The molecule has 1 aliphatic rings. The summed E-state index contributed by atoms with van der Waals surface area (Å²) in [6.07, 6.45) is 2.48. The maximum absolute atomic E-state index is 12.1. The molecule has 0 aromatic heterocycles. The highest BCUT2D eigenvalue weighted by Gasteiger charge is 2.22. The molecule has 0 spiro atoms. The summed E-state index contributed by atoms with van der Waals surface area (Å²) in [5.41, 5.74) is 7.45. The lowest BCUT2D eigenvalue weighted by Gasteiger charge is -2.25. The molecule has 1 atom stereocenters. The fourth-order valence-corrected chi connectivity index (χ4v) is 2.86. The summed E-state index contributed by atoms with van der Waals surface area (Å²) in [6, 6.07) is 8.25. The minimum Gasteiger partial charge on any atom is -0.326 e. The Morgan fingerprint density at radius 2 is 2.33 bits per heavy atom. The molecule has 0 aliphatic carbocycles. The van der Waals surface area contributed by atoms with Crippen molar-refractivity contribution in [1.29, 1.82) is 0 Å². The monoisotopic (exact) mass is 290 g/mol. The standard InChI is InChI=1S/C16H26N4O/c1-19(11-15-7-4-8-20(15)2)12-16(21)18-14-6-3-5-13(9-14)10-17/h3,5-6,9,15H,4,7-8,10-12,17H2,1-2H3,(H,18,21). The van der Waals surface area contributed by atoms with E-state index in [2.05, 4.69) is 22.2 Å². The largest absolute Gasteiger partial charge is 0.326 e. The lowest BCUT2D eigenvalue weighted by molar-refractivity contribution is -0.117. The van der Waals surface area contributed by atoms with Crippen LogP contribution in [0.2, 0.25) is 0 Å². The number of nitrogens with zero attached hydrogens (tertiary/aromatic N) is 2. The van der Waals surface area contributed by atoms with Gasteiger partial charge in [-0.25, -0.2) is 0 Å². The third-order valence-corrected chi connectivity index (χ3v) is 4.05. The van der Waals surface area contributed by atoms with Gasteiger partial charge < -0.3 is 16.0 Å². The fraction of sp³-hybridized carbons (Fsp3) is 0.562. The molecule has 0 saturated carbocycles. The molecule has 1 aliphatic heterocycles. The Kier molecular flexibility index (Phi) is 5.73. The molecule has 5 heteroatoms. The van der Waals surface area contributed by atoms with Crippen LogP contribution in [0, 0.1) is 0 Å². The number of hydrogen-bond acceptors (Lipinski definition) is 4. The van der Waals surface area contributed by atoms with Gasteiger partial charge in [0.05, 0.1) is 6.54 Å². The Morgan fingerprint density at radius 1 is 1.52 bits per heavy atom. The number of hydrogen-bond donors (Lipinski definition) is 2. The van der Waals surface area contributed by atoms with Crippen molar-refractivity contribution in [3.8, 4) is 0 Å². The van der Waals surface area contributed by atoms with E-state index in [0.717, 1.165) is 24.3 Å². The lowest BCUT2D eigenvalue weighted by atomic mass is 10.2. The number of likely N-dealkylation sites (tertiary alicyclic amines) is 1. The van der Waals surface area contributed by atoms with E-state index in [9.17, 15) is 4.79 Å². The van der Waals surface area contributed by atoms with Gasteiger partial charge in [-0.05, 0) is 51.2 Å².